The van der Waals surface area contributed by atoms with E-state index in [0.29, 0.717) is 36.1 Å². The highest BCUT2D eigenvalue weighted by atomic mass is 35.5. The number of nitrogens with one attached hydrogen (secondary N) is 2. The van der Waals surface area contributed by atoms with Crippen LogP contribution >= 0.6 is 12.4 Å². The minimum Gasteiger partial charge on any atom is -0.492 e. The van der Waals surface area contributed by atoms with Crippen LogP contribution in [0.25, 0.3) is 0 Å². The molecule has 1 unspecified atom stereocenters. The Hall–Kier alpha value is -2.31. The molecule has 0 spiro atoms. The quantitative estimate of drug-likeness (QED) is 0.773. The minimum absolute atomic E-state index is 0. The molecule has 1 aliphatic heterocycles. The molecular formula is C21H28ClN3O3. The summed E-state index contributed by atoms with van der Waals surface area (Å²) in [7, 11) is 0. The van der Waals surface area contributed by atoms with E-state index in [0.717, 1.165) is 25.9 Å². The molecule has 1 atom stereocenters. The second kappa shape index (κ2) is 10.3. The maximum Gasteiger partial charge on any atom is 0.263 e. The Morgan fingerprint density at radius 1 is 1.32 bits per heavy atom. The Bertz CT molecular complexity index is 860. The van der Waals surface area contributed by atoms with E-state index >= 15 is 0 Å². The molecule has 1 fully saturated rings. The monoisotopic (exact) mass is 405 g/mol. The number of piperidine rings is 1. The van der Waals surface area contributed by atoms with E-state index in [9.17, 15) is 9.59 Å². The molecule has 1 aromatic heterocycles. The van der Waals surface area contributed by atoms with Crippen LogP contribution in [-0.2, 0) is 6.54 Å². The highest BCUT2D eigenvalue weighted by molar-refractivity contribution is 6.05. The molecule has 3 rings (SSSR count). The second-order valence-electron chi connectivity index (χ2n) is 6.93. The number of hydrogen-bond acceptors (Lipinski definition) is 4. The first-order valence-electron chi connectivity index (χ1n) is 9.54. The summed E-state index contributed by atoms with van der Waals surface area (Å²) in [5, 5.41) is 6.20. The van der Waals surface area contributed by atoms with Crippen molar-refractivity contribution in [3.8, 4) is 5.75 Å². The van der Waals surface area contributed by atoms with Crippen LogP contribution in [-0.4, -0.2) is 30.2 Å². The summed E-state index contributed by atoms with van der Waals surface area (Å²) < 4.78 is 7.21. The number of ether oxygens (including phenoxy) is 1. The second-order valence-corrected chi connectivity index (χ2v) is 6.93. The van der Waals surface area contributed by atoms with Crippen LogP contribution in [0.2, 0.25) is 0 Å². The van der Waals surface area contributed by atoms with E-state index in [2.05, 4.69) is 10.6 Å². The van der Waals surface area contributed by atoms with E-state index in [1.54, 1.807) is 29.8 Å². The van der Waals surface area contributed by atoms with Crippen molar-refractivity contribution >= 4 is 24.0 Å². The van der Waals surface area contributed by atoms with Crippen molar-refractivity contribution in [1.82, 2.24) is 9.88 Å². The number of aromatic nitrogens is 1. The number of aryl methyl sites for hydroxylation is 1. The summed E-state index contributed by atoms with van der Waals surface area (Å²) in [6, 6.07) is 9.07. The summed E-state index contributed by atoms with van der Waals surface area (Å²) in [5.41, 5.74) is 1.18. The van der Waals surface area contributed by atoms with Crippen LogP contribution in [0, 0.1) is 12.8 Å². The Balaban J connectivity index is 0.00000280. The fraction of sp³-hybridized carbons (Fsp3) is 0.429. The lowest BCUT2D eigenvalue weighted by Crippen LogP contribution is -2.36. The zero-order valence-electron chi connectivity index (χ0n) is 16.4. The van der Waals surface area contributed by atoms with Crippen LogP contribution in [0.15, 0.2) is 41.3 Å². The van der Waals surface area contributed by atoms with Gasteiger partial charge in [-0.05, 0) is 69.5 Å². The summed E-state index contributed by atoms with van der Waals surface area (Å²) in [5.74, 6) is 0.602. The molecule has 1 amide bonds. The molecule has 6 nitrogen and oxygen atoms in total. The van der Waals surface area contributed by atoms with Gasteiger partial charge in [-0.2, -0.15) is 0 Å². The number of pyridine rings is 1. The zero-order chi connectivity index (χ0) is 19.2. The zero-order valence-corrected chi connectivity index (χ0v) is 17.2. The summed E-state index contributed by atoms with van der Waals surface area (Å²) in [6.07, 6.45) is 4.00. The Kier molecular flexibility index (Phi) is 8.08. The van der Waals surface area contributed by atoms with E-state index in [-0.39, 0.29) is 23.5 Å². The van der Waals surface area contributed by atoms with E-state index in [1.165, 1.54) is 0 Å². The Labute approximate surface area is 171 Å². The molecule has 0 bridgehead atoms. The van der Waals surface area contributed by atoms with Crippen LogP contribution in [0.3, 0.4) is 0 Å². The molecule has 2 N–H and O–H groups in total. The molecule has 28 heavy (non-hydrogen) atoms. The first-order chi connectivity index (χ1) is 13.1. The number of para-hydroxylation sites is 2. The smallest absolute Gasteiger partial charge is 0.263 e. The molecule has 1 saturated heterocycles. The van der Waals surface area contributed by atoms with Crippen LogP contribution in [0.1, 0.15) is 35.7 Å². The lowest BCUT2D eigenvalue weighted by atomic mass is 9.99. The van der Waals surface area contributed by atoms with Gasteiger partial charge >= 0.3 is 0 Å². The van der Waals surface area contributed by atoms with Crippen molar-refractivity contribution in [3.63, 3.8) is 0 Å². The van der Waals surface area contributed by atoms with Crippen LogP contribution < -0.4 is 20.9 Å². The van der Waals surface area contributed by atoms with Gasteiger partial charge in [-0.1, -0.05) is 12.1 Å². The Morgan fingerprint density at radius 3 is 2.82 bits per heavy atom. The van der Waals surface area contributed by atoms with Gasteiger partial charge in [0, 0.05) is 12.7 Å². The molecule has 0 aliphatic carbocycles. The molecule has 2 heterocycles. The van der Waals surface area contributed by atoms with Crippen molar-refractivity contribution in [2.24, 2.45) is 5.92 Å². The highest BCUT2D eigenvalue weighted by Crippen LogP contribution is 2.24. The van der Waals surface area contributed by atoms with E-state index in [1.807, 2.05) is 25.1 Å². The standard InChI is InChI=1S/C21H27N3O3.ClH/c1-3-27-18-9-5-4-8-17(18)23-20(25)19-15(2)10-12-24(21(19)26)14-16-7-6-11-22-13-16;/h4-5,8-10,12,16,22H,3,6-7,11,13-14H2,1-2H3,(H,23,25);1H. The van der Waals surface area contributed by atoms with Crippen molar-refractivity contribution in [3.05, 3.63) is 58.0 Å². The van der Waals surface area contributed by atoms with Gasteiger partial charge in [0.05, 0.1) is 12.3 Å². The molecule has 2 aromatic rings. The summed E-state index contributed by atoms with van der Waals surface area (Å²) >= 11 is 0. The topological polar surface area (TPSA) is 72.4 Å². The van der Waals surface area contributed by atoms with E-state index in [4.69, 9.17) is 4.74 Å². The number of halogens is 1. The van der Waals surface area contributed by atoms with E-state index < -0.39 is 5.91 Å². The molecule has 0 radical (unpaired) electrons. The van der Waals surface area contributed by atoms with Gasteiger partial charge in [0.1, 0.15) is 11.3 Å². The Morgan fingerprint density at radius 2 is 2.11 bits per heavy atom. The number of carbonyl (C=O) groups excluding carboxylic acids is 1. The van der Waals surface area contributed by atoms with Gasteiger partial charge in [-0.15, -0.1) is 12.4 Å². The third-order valence-electron chi connectivity index (χ3n) is 4.89. The number of benzene rings is 1. The fourth-order valence-electron chi connectivity index (χ4n) is 3.48. The number of nitrogens with zero attached hydrogens (tertiary/aromatic N) is 1. The predicted octanol–water partition coefficient (Wildman–Crippen LogP) is 3.23. The minimum atomic E-state index is -0.402. The maximum atomic E-state index is 13.0. The third kappa shape index (κ3) is 5.14. The predicted molar refractivity (Wildman–Crippen MR) is 114 cm³/mol. The SMILES string of the molecule is CCOc1ccccc1NC(=O)c1c(C)ccn(CC2CCCNC2)c1=O.Cl. The van der Waals surface area contributed by atoms with Crippen molar-refractivity contribution in [2.45, 2.75) is 33.2 Å². The molecule has 7 heteroatoms. The summed E-state index contributed by atoms with van der Waals surface area (Å²) in [6.45, 7) is 6.74. The van der Waals surface area contributed by atoms with Gasteiger partial charge in [0.15, 0.2) is 0 Å². The average Bonchev–Trinajstić information content (AvgIpc) is 2.67. The summed E-state index contributed by atoms with van der Waals surface area (Å²) in [4.78, 5) is 25.8. The van der Waals surface area contributed by atoms with Gasteiger partial charge < -0.3 is 19.9 Å². The number of amides is 1. The van der Waals surface area contributed by atoms with Crippen molar-refractivity contribution in [2.75, 3.05) is 25.0 Å². The molecule has 1 aliphatic rings. The van der Waals surface area contributed by atoms with Crippen LogP contribution in [0.5, 0.6) is 5.75 Å². The number of rotatable bonds is 6. The molecule has 0 saturated carbocycles. The normalized spacial score (nSPS) is 16.1. The molecular weight excluding hydrogens is 378 g/mol. The molecule has 1 aromatic carbocycles. The first-order valence-corrected chi connectivity index (χ1v) is 9.54. The van der Waals surface area contributed by atoms with Gasteiger partial charge in [-0.3, -0.25) is 9.59 Å². The van der Waals surface area contributed by atoms with Gasteiger partial charge in [0.2, 0.25) is 0 Å². The number of carbonyl (C=O) groups is 1. The molecule has 152 valence electrons. The van der Waals surface area contributed by atoms with Crippen molar-refractivity contribution < 1.29 is 9.53 Å². The lowest BCUT2D eigenvalue weighted by Gasteiger charge is -2.23. The van der Waals surface area contributed by atoms with Gasteiger partial charge in [0.25, 0.3) is 11.5 Å². The highest BCUT2D eigenvalue weighted by Gasteiger charge is 2.20. The number of hydrogen-bond donors (Lipinski definition) is 2. The maximum absolute atomic E-state index is 13.0. The van der Waals surface area contributed by atoms with Crippen molar-refractivity contribution in [1.29, 1.82) is 0 Å². The van der Waals surface area contributed by atoms with Crippen LogP contribution in [0.4, 0.5) is 5.69 Å². The lowest BCUT2D eigenvalue weighted by molar-refractivity contribution is 0.102. The first kappa shape index (κ1) is 22.0. The largest absolute Gasteiger partial charge is 0.492 e. The van der Waals surface area contributed by atoms with Gasteiger partial charge in [-0.25, -0.2) is 0 Å². The third-order valence-corrected chi connectivity index (χ3v) is 4.89. The number of anilines is 1. The average molecular weight is 406 g/mol. The fourth-order valence-corrected chi connectivity index (χ4v) is 3.48.